The first-order chi connectivity index (χ1) is 15.6. The number of aryl methyl sites for hydroxylation is 2. The molecule has 0 aromatic heterocycles. The van der Waals surface area contributed by atoms with E-state index in [4.69, 9.17) is 0 Å². The highest BCUT2D eigenvalue weighted by Gasteiger charge is 2.45. The number of benzene rings is 2. The summed E-state index contributed by atoms with van der Waals surface area (Å²) in [6.45, 7) is 4.88. The molecular formula is C28H32N2O2. The zero-order chi connectivity index (χ0) is 22.2. The van der Waals surface area contributed by atoms with E-state index < -0.39 is 0 Å². The molecule has 0 atom stereocenters. The summed E-state index contributed by atoms with van der Waals surface area (Å²) >= 11 is 0. The van der Waals surface area contributed by atoms with Gasteiger partial charge in [0.25, 0.3) is 11.8 Å². The lowest BCUT2D eigenvalue weighted by Crippen LogP contribution is -2.42. The van der Waals surface area contributed by atoms with E-state index in [9.17, 15) is 9.59 Å². The first-order valence-corrected chi connectivity index (χ1v) is 12.1. The van der Waals surface area contributed by atoms with E-state index in [0.717, 1.165) is 55.5 Å². The molecule has 0 N–H and O–H groups in total. The molecule has 2 aliphatic heterocycles. The molecule has 0 bridgehead atoms. The van der Waals surface area contributed by atoms with Crippen LogP contribution >= 0.6 is 0 Å². The Hall–Kier alpha value is -2.88. The minimum atomic E-state index is -0.108. The van der Waals surface area contributed by atoms with Crippen molar-refractivity contribution in [3.63, 3.8) is 0 Å². The Kier molecular flexibility index (Phi) is 5.62. The van der Waals surface area contributed by atoms with Crippen LogP contribution in [-0.2, 0) is 16.0 Å². The fourth-order valence-electron chi connectivity index (χ4n) is 5.54. The maximum atomic E-state index is 14.0. The second kappa shape index (κ2) is 8.57. The predicted molar refractivity (Wildman–Crippen MR) is 128 cm³/mol. The number of hydrogen-bond donors (Lipinski definition) is 0. The molecule has 3 aliphatic rings. The Bertz CT molecular complexity index is 1090. The van der Waals surface area contributed by atoms with Gasteiger partial charge in [0.2, 0.25) is 0 Å². The number of nitrogens with zero attached hydrogens (tertiary/aromatic N) is 2. The van der Waals surface area contributed by atoms with Gasteiger partial charge in [-0.15, -0.1) is 0 Å². The first-order valence-electron chi connectivity index (χ1n) is 12.1. The molecule has 2 aromatic carbocycles. The number of carbonyl (C=O) groups is 2. The van der Waals surface area contributed by atoms with Gasteiger partial charge in [-0.1, -0.05) is 68.5 Å². The summed E-state index contributed by atoms with van der Waals surface area (Å²) in [6, 6.07) is 14.4. The predicted octanol–water partition coefficient (Wildman–Crippen LogP) is 5.56. The Morgan fingerprint density at radius 2 is 1.53 bits per heavy atom. The number of carbonyl (C=O) groups excluding carboxylic acids is 2. The van der Waals surface area contributed by atoms with Crippen molar-refractivity contribution in [3.05, 3.63) is 70.4 Å². The zero-order valence-electron chi connectivity index (χ0n) is 19.2. The van der Waals surface area contributed by atoms with E-state index in [1.54, 1.807) is 4.90 Å². The number of rotatable bonds is 3. The fourth-order valence-corrected chi connectivity index (χ4v) is 5.54. The van der Waals surface area contributed by atoms with E-state index in [1.165, 1.54) is 30.4 Å². The van der Waals surface area contributed by atoms with E-state index in [-0.39, 0.29) is 17.9 Å². The molecule has 32 heavy (non-hydrogen) atoms. The number of amides is 2. The molecule has 2 aromatic rings. The van der Waals surface area contributed by atoms with Gasteiger partial charge < -0.3 is 4.90 Å². The normalized spacial score (nSPS) is 20.1. The minimum Gasteiger partial charge on any atom is -0.336 e. The molecule has 0 radical (unpaired) electrons. The Balaban J connectivity index is 1.61. The van der Waals surface area contributed by atoms with Crippen molar-refractivity contribution in [2.24, 2.45) is 0 Å². The van der Waals surface area contributed by atoms with Crippen molar-refractivity contribution < 1.29 is 9.59 Å². The van der Waals surface area contributed by atoms with E-state index >= 15 is 0 Å². The second-order valence-corrected chi connectivity index (χ2v) is 9.53. The number of fused-ring (bicyclic) bond motifs is 1. The molecule has 4 nitrogen and oxygen atoms in total. The highest BCUT2D eigenvalue weighted by atomic mass is 16.2. The van der Waals surface area contributed by atoms with E-state index in [2.05, 4.69) is 43.0 Å². The Labute approximate surface area is 190 Å². The van der Waals surface area contributed by atoms with Crippen molar-refractivity contribution in [1.29, 1.82) is 0 Å². The Morgan fingerprint density at radius 3 is 2.28 bits per heavy atom. The van der Waals surface area contributed by atoms with Crippen LogP contribution in [0.3, 0.4) is 0 Å². The number of anilines is 1. The summed E-state index contributed by atoms with van der Waals surface area (Å²) in [6.07, 6.45) is 8.54. The van der Waals surface area contributed by atoms with Crippen molar-refractivity contribution in [3.8, 4) is 0 Å². The van der Waals surface area contributed by atoms with Gasteiger partial charge in [0, 0.05) is 18.3 Å². The largest absolute Gasteiger partial charge is 0.336 e. The van der Waals surface area contributed by atoms with Crippen LogP contribution in [0.25, 0.3) is 5.57 Å². The van der Waals surface area contributed by atoms with Gasteiger partial charge in [0.1, 0.15) is 5.70 Å². The molecule has 0 saturated heterocycles. The van der Waals surface area contributed by atoms with Gasteiger partial charge in [-0.2, -0.15) is 0 Å². The fraction of sp³-hybridized carbons (Fsp3) is 0.429. The van der Waals surface area contributed by atoms with Crippen LogP contribution in [-0.4, -0.2) is 29.3 Å². The summed E-state index contributed by atoms with van der Waals surface area (Å²) in [7, 11) is 0. The highest BCUT2D eigenvalue weighted by Crippen LogP contribution is 2.40. The lowest BCUT2D eigenvalue weighted by atomic mass is 9.95. The van der Waals surface area contributed by atoms with Gasteiger partial charge in [-0.05, 0) is 61.4 Å². The summed E-state index contributed by atoms with van der Waals surface area (Å²) in [5.41, 5.74) is 6.65. The lowest BCUT2D eigenvalue weighted by Gasteiger charge is -2.29. The van der Waals surface area contributed by atoms with Gasteiger partial charge in [-0.3, -0.25) is 14.5 Å². The molecule has 0 unspecified atom stereocenters. The average Bonchev–Trinajstić information content (AvgIpc) is 3.29. The molecule has 2 heterocycles. The van der Waals surface area contributed by atoms with Gasteiger partial charge in [-0.25, -0.2) is 0 Å². The smallest absolute Gasteiger partial charge is 0.278 e. The average molecular weight is 429 g/mol. The molecule has 2 amide bonds. The topological polar surface area (TPSA) is 40.6 Å². The van der Waals surface area contributed by atoms with E-state index in [0.29, 0.717) is 11.3 Å². The molecule has 0 spiro atoms. The summed E-state index contributed by atoms with van der Waals surface area (Å²) in [5, 5.41) is 0. The van der Waals surface area contributed by atoms with E-state index in [1.807, 2.05) is 18.2 Å². The number of imide groups is 1. The summed E-state index contributed by atoms with van der Waals surface area (Å²) in [5.74, 6) is -0.214. The summed E-state index contributed by atoms with van der Waals surface area (Å²) < 4.78 is 0. The lowest BCUT2D eigenvalue weighted by molar-refractivity contribution is -0.140. The molecule has 1 aliphatic carbocycles. The van der Waals surface area contributed by atoms with Crippen LogP contribution in [0.4, 0.5) is 5.69 Å². The second-order valence-electron chi connectivity index (χ2n) is 9.53. The monoisotopic (exact) mass is 428 g/mol. The molecule has 1 saturated carbocycles. The Morgan fingerprint density at radius 1 is 0.812 bits per heavy atom. The minimum absolute atomic E-state index is 0.00666. The maximum Gasteiger partial charge on any atom is 0.278 e. The zero-order valence-corrected chi connectivity index (χ0v) is 19.2. The van der Waals surface area contributed by atoms with Gasteiger partial charge in [0.05, 0.1) is 5.57 Å². The third kappa shape index (κ3) is 3.56. The standard InChI is InChI=1S/C28H32N2O2/c1-19-14-15-22(18-20(19)2)25-26(29-17-16-21-10-8-9-13-24(21)29)28(32)30(27(25)31)23-11-6-4-3-5-7-12-23/h8-10,13-15,18,23H,3-7,11-12,16-17H2,1-2H3. The van der Waals surface area contributed by atoms with Crippen LogP contribution in [0.5, 0.6) is 0 Å². The molecule has 166 valence electrons. The summed E-state index contributed by atoms with van der Waals surface area (Å²) in [4.78, 5) is 31.6. The van der Waals surface area contributed by atoms with Crippen LogP contribution in [0.2, 0.25) is 0 Å². The SMILES string of the molecule is Cc1ccc(C2=C(N3CCc4ccccc43)C(=O)N(C3CCCCCCC3)C2=O)cc1C. The first kappa shape index (κ1) is 21.0. The van der Waals surface area contributed by atoms with Gasteiger partial charge >= 0.3 is 0 Å². The maximum absolute atomic E-state index is 14.0. The number of hydrogen-bond acceptors (Lipinski definition) is 3. The quantitative estimate of drug-likeness (QED) is 0.601. The van der Waals surface area contributed by atoms with Crippen molar-refractivity contribution in [1.82, 2.24) is 4.90 Å². The molecule has 5 rings (SSSR count). The molecule has 1 fully saturated rings. The third-order valence-corrected chi connectivity index (χ3v) is 7.48. The van der Waals surface area contributed by atoms with Crippen LogP contribution in [0, 0.1) is 13.8 Å². The van der Waals surface area contributed by atoms with Crippen molar-refractivity contribution >= 4 is 23.1 Å². The van der Waals surface area contributed by atoms with Crippen molar-refractivity contribution in [2.75, 3.05) is 11.4 Å². The highest BCUT2D eigenvalue weighted by molar-refractivity contribution is 6.37. The van der Waals surface area contributed by atoms with Crippen LogP contribution in [0.1, 0.15) is 67.2 Å². The van der Waals surface area contributed by atoms with Crippen LogP contribution < -0.4 is 4.90 Å². The van der Waals surface area contributed by atoms with Gasteiger partial charge in [0.15, 0.2) is 0 Å². The number of para-hydroxylation sites is 1. The molecule has 4 heteroatoms. The molecular weight excluding hydrogens is 396 g/mol. The van der Waals surface area contributed by atoms with Crippen LogP contribution in [0.15, 0.2) is 48.2 Å². The third-order valence-electron chi connectivity index (χ3n) is 7.48. The van der Waals surface area contributed by atoms with Crippen molar-refractivity contribution in [2.45, 2.75) is 71.3 Å².